The molecule has 0 amide bonds. The van der Waals surface area contributed by atoms with Crippen LogP contribution in [0.1, 0.15) is 68.8 Å². The Balaban J connectivity index is 1.94. The molecule has 1 aromatic rings. The predicted molar refractivity (Wildman–Crippen MR) is 86.6 cm³/mol. The van der Waals surface area contributed by atoms with E-state index in [0.717, 1.165) is 17.6 Å². The summed E-state index contributed by atoms with van der Waals surface area (Å²) in [4.78, 5) is 9.73. The van der Waals surface area contributed by atoms with Crippen LogP contribution in [0, 0.1) is 9.49 Å². The lowest BCUT2D eigenvalue weighted by Crippen LogP contribution is -2.16. The van der Waals surface area contributed by atoms with Crippen molar-refractivity contribution in [3.05, 3.63) is 15.1 Å². The fourth-order valence-corrected chi connectivity index (χ4v) is 4.08. The van der Waals surface area contributed by atoms with Crippen molar-refractivity contribution in [3.8, 4) is 0 Å². The highest BCUT2D eigenvalue weighted by atomic mass is 127. The minimum absolute atomic E-state index is 0.574. The molecule has 2 saturated carbocycles. The van der Waals surface area contributed by atoms with Crippen molar-refractivity contribution in [1.82, 2.24) is 9.97 Å². The molecule has 1 aromatic heterocycles. The van der Waals surface area contributed by atoms with Gasteiger partial charge in [0.15, 0.2) is 0 Å². The lowest BCUT2D eigenvalue weighted by Gasteiger charge is -2.26. The van der Waals surface area contributed by atoms with Gasteiger partial charge in [-0.2, -0.15) is 0 Å². The van der Waals surface area contributed by atoms with Crippen LogP contribution in [0.5, 0.6) is 0 Å². The molecule has 3 nitrogen and oxygen atoms in total. The molecule has 3 rings (SSSR count). The summed E-state index contributed by atoms with van der Waals surface area (Å²) in [6.07, 6.45) is 7.82. The second-order valence-electron chi connectivity index (χ2n) is 6.12. The molecule has 1 N–H and O–H groups in total. The summed E-state index contributed by atoms with van der Waals surface area (Å²) >= 11 is 2.40. The SMILES string of the molecule is CNc1nc(C2CCCC(C)C2)nc(C2CC2)c1I. The Kier molecular flexibility index (Phi) is 3.96. The van der Waals surface area contributed by atoms with E-state index in [1.165, 1.54) is 47.8 Å². The van der Waals surface area contributed by atoms with Crippen LogP contribution < -0.4 is 5.32 Å². The molecule has 2 fully saturated rings. The molecule has 1 heterocycles. The van der Waals surface area contributed by atoms with Gasteiger partial charge in [-0.1, -0.05) is 19.8 Å². The standard InChI is InChI=1S/C15H22IN3/c1-9-4-3-5-11(8-9)14-18-13(10-6-7-10)12(16)15(17-2)19-14/h9-11H,3-8H2,1-2H3,(H,17,18,19). The van der Waals surface area contributed by atoms with Gasteiger partial charge in [0, 0.05) is 18.9 Å². The van der Waals surface area contributed by atoms with Gasteiger partial charge in [0.05, 0.1) is 9.26 Å². The Bertz CT molecular complexity index is 471. The van der Waals surface area contributed by atoms with Crippen LogP contribution in [0.3, 0.4) is 0 Å². The van der Waals surface area contributed by atoms with Crippen LogP contribution in [-0.2, 0) is 0 Å². The van der Waals surface area contributed by atoms with Crippen molar-refractivity contribution in [1.29, 1.82) is 0 Å². The van der Waals surface area contributed by atoms with Gasteiger partial charge in [-0.05, 0) is 54.2 Å². The van der Waals surface area contributed by atoms with E-state index in [-0.39, 0.29) is 0 Å². The zero-order chi connectivity index (χ0) is 13.4. The van der Waals surface area contributed by atoms with Crippen molar-refractivity contribution in [3.63, 3.8) is 0 Å². The fourth-order valence-electron chi connectivity index (χ4n) is 3.13. The van der Waals surface area contributed by atoms with Crippen molar-refractivity contribution < 1.29 is 0 Å². The smallest absolute Gasteiger partial charge is 0.143 e. The minimum atomic E-state index is 0.574. The van der Waals surface area contributed by atoms with Gasteiger partial charge in [0.2, 0.25) is 0 Å². The molecule has 0 bridgehead atoms. The number of aromatic nitrogens is 2. The summed E-state index contributed by atoms with van der Waals surface area (Å²) in [7, 11) is 1.97. The van der Waals surface area contributed by atoms with E-state index < -0.39 is 0 Å². The van der Waals surface area contributed by atoms with Crippen LogP contribution in [-0.4, -0.2) is 17.0 Å². The first-order chi connectivity index (χ1) is 9.19. The summed E-state index contributed by atoms with van der Waals surface area (Å²) in [5.41, 5.74) is 1.30. The molecule has 104 valence electrons. The molecule has 0 spiro atoms. The average Bonchev–Trinajstić information content (AvgIpc) is 3.23. The normalized spacial score (nSPS) is 27.3. The Morgan fingerprint density at radius 1 is 1.11 bits per heavy atom. The van der Waals surface area contributed by atoms with E-state index >= 15 is 0 Å². The first-order valence-corrected chi connectivity index (χ1v) is 8.52. The summed E-state index contributed by atoms with van der Waals surface area (Å²) in [5.74, 6) is 4.22. The molecule has 2 aliphatic carbocycles. The van der Waals surface area contributed by atoms with Crippen LogP contribution in [0.15, 0.2) is 0 Å². The Morgan fingerprint density at radius 3 is 2.53 bits per heavy atom. The molecule has 2 atom stereocenters. The largest absolute Gasteiger partial charge is 0.372 e. The van der Waals surface area contributed by atoms with E-state index in [1.807, 2.05) is 7.05 Å². The molecule has 0 saturated heterocycles. The van der Waals surface area contributed by atoms with Gasteiger partial charge in [-0.15, -0.1) is 0 Å². The third kappa shape index (κ3) is 2.88. The van der Waals surface area contributed by atoms with Crippen LogP contribution in [0.4, 0.5) is 5.82 Å². The molecule has 19 heavy (non-hydrogen) atoms. The molecule has 4 heteroatoms. The van der Waals surface area contributed by atoms with Crippen molar-refractivity contribution in [2.45, 2.75) is 57.3 Å². The monoisotopic (exact) mass is 371 g/mol. The number of rotatable bonds is 3. The molecule has 0 radical (unpaired) electrons. The second-order valence-corrected chi connectivity index (χ2v) is 7.20. The first kappa shape index (κ1) is 13.6. The average molecular weight is 371 g/mol. The van der Waals surface area contributed by atoms with Crippen molar-refractivity contribution in [2.75, 3.05) is 12.4 Å². The topological polar surface area (TPSA) is 37.8 Å². The Labute approximate surface area is 129 Å². The van der Waals surface area contributed by atoms with Gasteiger partial charge in [0.25, 0.3) is 0 Å². The van der Waals surface area contributed by atoms with E-state index in [9.17, 15) is 0 Å². The van der Waals surface area contributed by atoms with E-state index in [4.69, 9.17) is 9.97 Å². The Morgan fingerprint density at radius 2 is 1.89 bits per heavy atom. The Hall–Kier alpha value is -0.390. The summed E-state index contributed by atoms with van der Waals surface area (Å²) < 4.78 is 1.23. The molecule has 2 aliphatic rings. The number of nitrogens with zero attached hydrogens (tertiary/aromatic N) is 2. The van der Waals surface area contributed by atoms with Crippen LogP contribution >= 0.6 is 22.6 Å². The lowest BCUT2D eigenvalue weighted by atomic mass is 9.82. The van der Waals surface area contributed by atoms with Gasteiger partial charge in [-0.3, -0.25) is 0 Å². The van der Waals surface area contributed by atoms with E-state index in [0.29, 0.717) is 11.8 Å². The zero-order valence-electron chi connectivity index (χ0n) is 11.7. The van der Waals surface area contributed by atoms with Crippen LogP contribution in [0.2, 0.25) is 0 Å². The molecule has 0 aromatic carbocycles. The van der Waals surface area contributed by atoms with Gasteiger partial charge < -0.3 is 5.32 Å². The second kappa shape index (κ2) is 5.54. The van der Waals surface area contributed by atoms with Gasteiger partial charge in [0.1, 0.15) is 11.6 Å². The van der Waals surface area contributed by atoms with Crippen molar-refractivity contribution in [2.24, 2.45) is 5.92 Å². The van der Waals surface area contributed by atoms with E-state index in [1.54, 1.807) is 0 Å². The quantitative estimate of drug-likeness (QED) is 0.806. The summed E-state index contributed by atoms with van der Waals surface area (Å²) in [5, 5.41) is 3.25. The predicted octanol–water partition coefficient (Wildman–Crippen LogP) is 4.29. The number of hydrogen-bond acceptors (Lipinski definition) is 3. The maximum atomic E-state index is 4.94. The number of nitrogens with one attached hydrogen (secondary N) is 1. The highest BCUT2D eigenvalue weighted by molar-refractivity contribution is 14.1. The maximum absolute atomic E-state index is 4.94. The first-order valence-electron chi connectivity index (χ1n) is 7.44. The van der Waals surface area contributed by atoms with Crippen LogP contribution in [0.25, 0.3) is 0 Å². The number of halogens is 1. The number of anilines is 1. The molecular formula is C15H22IN3. The maximum Gasteiger partial charge on any atom is 0.143 e. The highest BCUT2D eigenvalue weighted by Crippen LogP contribution is 2.43. The minimum Gasteiger partial charge on any atom is -0.372 e. The summed E-state index contributed by atoms with van der Waals surface area (Å²) in [6.45, 7) is 2.36. The molecular weight excluding hydrogens is 349 g/mol. The van der Waals surface area contributed by atoms with E-state index in [2.05, 4.69) is 34.8 Å². The summed E-state index contributed by atoms with van der Waals surface area (Å²) in [6, 6.07) is 0. The fraction of sp³-hybridized carbons (Fsp3) is 0.733. The van der Waals surface area contributed by atoms with Gasteiger partial charge in [-0.25, -0.2) is 9.97 Å². The lowest BCUT2D eigenvalue weighted by molar-refractivity contribution is 0.335. The highest BCUT2D eigenvalue weighted by Gasteiger charge is 2.31. The third-order valence-corrected chi connectivity index (χ3v) is 5.46. The molecule has 2 unspecified atom stereocenters. The van der Waals surface area contributed by atoms with Crippen molar-refractivity contribution >= 4 is 28.4 Å². The third-order valence-electron chi connectivity index (χ3n) is 4.40. The number of hydrogen-bond donors (Lipinski definition) is 1. The molecule has 0 aliphatic heterocycles. The zero-order valence-corrected chi connectivity index (χ0v) is 13.9. The van der Waals surface area contributed by atoms with Gasteiger partial charge >= 0.3 is 0 Å².